The summed E-state index contributed by atoms with van der Waals surface area (Å²) in [5.41, 5.74) is 1.09. The van der Waals surface area contributed by atoms with E-state index in [0.29, 0.717) is 30.2 Å². The van der Waals surface area contributed by atoms with E-state index in [1.165, 1.54) is 16.4 Å². The number of rotatable bonds is 8. The van der Waals surface area contributed by atoms with Crippen LogP contribution in [0.5, 0.6) is 11.5 Å². The number of hydrogen-bond acceptors (Lipinski definition) is 5. The molecule has 0 heterocycles. The molecule has 2 aromatic carbocycles. The van der Waals surface area contributed by atoms with Gasteiger partial charge in [0.2, 0.25) is 10.0 Å². The monoisotopic (exact) mass is 374 g/mol. The van der Waals surface area contributed by atoms with Gasteiger partial charge in [0, 0.05) is 13.1 Å². The van der Waals surface area contributed by atoms with Gasteiger partial charge in [-0.15, -0.1) is 0 Å². The normalized spacial score (nSPS) is 11.2. The summed E-state index contributed by atoms with van der Waals surface area (Å²) in [5, 5.41) is 9.00. The van der Waals surface area contributed by atoms with E-state index in [-0.39, 0.29) is 11.4 Å². The minimum absolute atomic E-state index is 0.108. The predicted octanol–water partition coefficient (Wildman–Crippen LogP) is 3.18. The van der Waals surface area contributed by atoms with Gasteiger partial charge < -0.3 is 9.47 Å². The lowest BCUT2D eigenvalue weighted by Gasteiger charge is -2.21. The van der Waals surface area contributed by atoms with Crippen LogP contribution in [0, 0.1) is 11.3 Å². The highest BCUT2D eigenvalue weighted by atomic mass is 32.2. The Morgan fingerprint density at radius 3 is 2.50 bits per heavy atom. The van der Waals surface area contributed by atoms with E-state index >= 15 is 0 Å². The molecule has 138 valence electrons. The fourth-order valence-electron chi connectivity index (χ4n) is 2.53. The molecule has 0 aromatic heterocycles. The number of nitrogens with zero attached hydrogens (tertiary/aromatic N) is 2. The number of methoxy groups -OCH3 is 1. The van der Waals surface area contributed by atoms with E-state index < -0.39 is 10.0 Å². The molecule has 0 aliphatic carbocycles. The summed E-state index contributed by atoms with van der Waals surface area (Å²) < 4.78 is 38.0. The van der Waals surface area contributed by atoms with Crippen molar-refractivity contribution in [2.24, 2.45) is 0 Å². The summed E-state index contributed by atoms with van der Waals surface area (Å²) in [5.74, 6) is 1.18. The first-order valence-electron chi connectivity index (χ1n) is 8.26. The van der Waals surface area contributed by atoms with Crippen LogP contribution in [0.15, 0.2) is 47.4 Å². The largest absolute Gasteiger partial charge is 0.493 e. The molecule has 0 aliphatic heterocycles. The standard InChI is InChI=1S/C19H22N2O4S/c1-4-21(26(22,23)17-8-6-7-15(11-17)13-20)14-16-9-10-18(25-5-2)19(12-16)24-3/h6-12H,4-5,14H2,1-3H3. The Morgan fingerprint density at radius 1 is 1.12 bits per heavy atom. The highest BCUT2D eigenvalue weighted by Crippen LogP contribution is 2.29. The van der Waals surface area contributed by atoms with Gasteiger partial charge in [-0.2, -0.15) is 9.57 Å². The van der Waals surface area contributed by atoms with Crippen molar-refractivity contribution in [3.8, 4) is 17.6 Å². The fraction of sp³-hybridized carbons (Fsp3) is 0.316. The van der Waals surface area contributed by atoms with Crippen molar-refractivity contribution < 1.29 is 17.9 Å². The third kappa shape index (κ3) is 4.34. The Labute approximate surface area is 154 Å². The van der Waals surface area contributed by atoms with Crippen LogP contribution in [0.3, 0.4) is 0 Å². The Balaban J connectivity index is 2.32. The van der Waals surface area contributed by atoms with E-state index in [9.17, 15) is 8.42 Å². The topological polar surface area (TPSA) is 79.6 Å². The van der Waals surface area contributed by atoms with Crippen molar-refractivity contribution >= 4 is 10.0 Å². The maximum Gasteiger partial charge on any atom is 0.243 e. The summed E-state index contributed by atoms with van der Waals surface area (Å²) in [6.45, 7) is 4.67. The van der Waals surface area contributed by atoms with Crippen molar-refractivity contribution in [1.29, 1.82) is 5.26 Å². The van der Waals surface area contributed by atoms with Crippen LogP contribution in [0.1, 0.15) is 25.0 Å². The lowest BCUT2D eigenvalue weighted by atomic mass is 10.2. The zero-order valence-electron chi connectivity index (χ0n) is 15.1. The van der Waals surface area contributed by atoms with Crippen molar-refractivity contribution in [3.63, 3.8) is 0 Å². The second-order valence-corrected chi connectivity index (χ2v) is 7.43. The van der Waals surface area contributed by atoms with Crippen molar-refractivity contribution in [3.05, 3.63) is 53.6 Å². The molecule has 0 aliphatic rings. The van der Waals surface area contributed by atoms with E-state index in [0.717, 1.165) is 5.56 Å². The number of benzene rings is 2. The van der Waals surface area contributed by atoms with Gasteiger partial charge in [0.25, 0.3) is 0 Å². The maximum absolute atomic E-state index is 12.9. The van der Waals surface area contributed by atoms with Crippen LogP contribution >= 0.6 is 0 Å². The van der Waals surface area contributed by atoms with Crippen LogP contribution in [0.2, 0.25) is 0 Å². The molecule has 0 saturated carbocycles. The molecule has 0 saturated heterocycles. The van der Waals surface area contributed by atoms with Crippen molar-refractivity contribution in [2.75, 3.05) is 20.3 Å². The second kappa shape index (κ2) is 8.70. The summed E-state index contributed by atoms with van der Waals surface area (Å²) in [6.07, 6.45) is 0. The highest BCUT2D eigenvalue weighted by Gasteiger charge is 2.24. The third-order valence-electron chi connectivity index (χ3n) is 3.84. The molecule has 7 heteroatoms. The van der Waals surface area contributed by atoms with Gasteiger partial charge in [0.05, 0.1) is 30.2 Å². The Kier molecular flexibility index (Phi) is 6.61. The van der Waals surface area contributed by atoms with Gasteiger partial charge in [0.1, 0.15) is 0 Å². The van der Waals surface area contributed by atoms with Crippen molar-refractivity contribution in [2.45, 2.75) is 25.3 Å². The van der Waals surface area contributed by atoms with Gasteiger partial charge in [-0.25, -0.2) is 8.42 Å². The number of hydrogen-bond donors (Lipinski definition) is 0. The molecule has 0 spiro atoms. The van der Waals surface area contributed by atoms with Gasteiger partial charge in [0.15, 0.2) is 11.5 Å². The van der Waals surface area contributed by atoms with Gasteiger partial charge in [-0.1, -0.05) is 19.1 Å². The first kappa shape index (κ1) is 19.8. The first-order chi connectivity index (χ1) is 12.5. The molecule has 6 nitrogen and oxygen atoms in total. The number of ether oxygens (including phenoxy) is 2. The molecule has 0 atom stereocenters. The number of nitriles is 1. The average molecular weight is 374 g/mol. The summed E-state index contributed by atoms with van der Waals surface area (Å²) in [6, 6.07) is 13.4. The Morgan fingerprint density at radius 2 is 1.88 bits per heavy atom. The quantitative estimate of drug-likeness (QED) is 0.709. The predicted molar refractivity (Wildman–Crippen MR) is 98.6 cm³/mol. The zero-order valence-corrected chi connectivity index (χ0v) is 15.9. The summed E-state index contributed by atoms with van der Waals surface area (Å²) in [7, 11) is -2.17. The Bertz CT molecular complexity index is 904. The molecule has 2 aromatic rings. The van der Waals surface area contributed by atoms with Gasteiger partial charge in [-0.05, 0) is 42.8 Å². The van der Waals surface area contributed by atoms with E-state index in [1.54, 1.807) is 38.3 Å². The maximum atomic E-state index is 12.9. The van der Waals surface area contributed by atoms with Crippen LogP contribution in [0.25, 0.3) is 0 Å². The molecule has 0 unspecified atom stereocenters. The fourth-order valence-corrected chi connectivity index (χ4v) is 4.01. The lowest BCUT2D eigenvalue weighted by Crippen LogP contribution is -2.30. The van der Waals surface area contributed by atoms with E-state index in [1.807, 2.05) is 19.1 Å². The molecule has 0 amide bonds. The van der Waals surface area contributed by atoms with Crippen LogP contribution in [-0.2, 0) is 16.6 Å². The van der Waals surface area contributed by atoms with Crippen molar-refractivity contribution in [1.82, 2.24) is 4.31 Å². The average Bonchev–Trinajstić information content (AvgIpc) is 2.67. The summed E-state index contributed by atoms with van der Waals surface area (Å²) >= 11 is 0. The smallest absolute Gasteiger partial charge is 0.243 e. The van der Waals surface area contributed by atoms with Crippen LogP contribution in [0.4, 0.5) is 0 Å². The van der Waals surface area contributed by atoms with E-state index in [2.05, 4.69) is 0 Å². The molecule has 2 rings (SSSR count). The first-order valence-corrected chi connectivity index (χ1v) is 9.70. The SMILES string of the molecule is CCOc1ccc(CN(CC)S(=O)(=O)c2cccc(C#N)c2)cc1OC. The Hall–Kier alpha value is -2.56. The van der Waals surface area contributed by atoms with Gasteiger partial charge in [-0.3, -0.25) is 0 Å². The second-order valence-electron chi connectivity index (χ2n) is 5.49. The van der Waals surface area contributed by atoms with Crippen LogP contribution in [-0.4, -0.2) is 33.0 Å². The minimum atomic E-state index is -3.71. The molecule has 0 bridgehead atoms. The number of sulfonamides is 1. The molecular formula is C19H22N2O4S. The minimum Gasteiger partial charge on any atom is -0.493 e. The molecule has 0 radical (unpaired) electrons. The summed E-state index contributed by atoms with van der Waals surface area (Å²) in [4.78, 5) is 0.108. The van der Waals surface area contributed by atoms with Gasteiger partial charge >= 0.3 is 0 Å². The molecule has 26 heavy (non-hydrogen) atoms. The zero-order chi connectivity index (χ0) is 19.2. The highest BCUT2D eigenvalue weighted by molar-refractivity contribution is 7.89. The third-order valence-corrected chi connectivity index (χ3v) is 5.76. The molecule has 0 N–H and O–H groups in total. The lowest BCUT2D eigenvalue weighted by molar-refractivity contribution is 0.310. The van der Waals surface area contributed by atoms with E-state index in [4.69, 9.17) is 14.7 Å². The molecular weight excluding hydrogens is 352 g/mol. The molecule has 0 fully saturated rings. The van der Waals surface area contributed by atoms with Crippen LogP contribution < -0.4 is 9.47 Å².